The third-order valence-electron chi connectivity index (χ3n) is 7.35. The molecule has 1 aliphatic carbocycles. The first kappa shape index (κ1) is 28.1. The monoisotopic (exact) mass is 535 g/mol. The van der Waals surface area contributed by atoms with E-state index < -0.39 is 48.4 Å². The lowest BCUT2D eigenvalue weighted by molar-refractivity contribution is -0.137. The van der Waals surface area contributed by atoms with Gasteiger partial charge in [-0.2, -0.15) is 4.90 Å². The van der Waals surface area contributed by atoms with Crippen molar-refractivity contribution in [2.45, 2.75) is 32.3 Å². The van der Waals surface area contributed by atoms with Crippen LogP contribution in [0.2, 0.25) is 0 Å². The molecule has 1 heterocycles. The molecule has 0 radical (unpaired) electrons. The molecular weight excluding hydrogens is 502 g/mol. The number of aliphatic hydroxyl groups is 2. The van der Waals surface area contributed by atoms with E-state index >= 15 is 0 Å². The molecule has 4 atom stereocenters. The summed E-state index contributed by atoms with van der Waals surface area (Å²) in [6.45, 7) is 1.47. The number of imide groups is 3. The number of aromatic hydroxyl groups is 1. The number of likely N-dealkylation sites (tertiary alicyclic amines) is 1. The quantitative estimate of drug-likeness (QED) is 0.327. The van der Waals surface area contributed by atoms with E-state index in [0.29, 0.717) is 34.6 Å². The third-order valence-corrected chi connectivity index (χ3v) is 7.35. The van der Waals surface area contributed by atoms with Crippen LogP contribution in [-0.2, 0) is 14.3 Å². The molecule has 3 N–H and O–H groups in total. The molecule has 0 spiro atoms. The highest BCUT2D eigenvalue weighted by molar-refractivity contribution is 6.16. The van der Waals surface area contributed by atoms with Crippen LogP contribution in [0.25, 0.3) is 6.08 Å². The maximum Gasteiger partial charge on any atom is 0.423 e. The Bertz CT molecular complexity index is 1280. The number of hydrogen-bond acceptors (Lipinski definition) is 8. The molecule has 1 fully saturated rings. The molecular formula is C30H33NO8. The van der Waals surface area contributed by atoms with E-state index in [1.807, 2.05) is 37.3 Å². The Labute approximate surface area is 227 Å². The molecule has 0 unspecified atom stereocenters. The van der Waals surface area contributed by atoms with Crippen LogP contribution in [0.15, 0.2) is 71.3 Å². The molecule has 2 aromatic carbocycles. The van der Waals surface area contributed by atoms with Crippen molar-refractivity contribution < 1.29 is 39.2 Å². The van der Waals surface area contributed by atoms with Gasteiger partial charge < -0.3 is 24.8 Å². The molecule has 4 rings (SSSR count). The molecule has 206 valence electrons. The van der Waals surface area contributed by atoms with E-state index in [4.69, 9.17) is 4.74 Å². The molecule has 9 nitrogen and oxygen atoms in total. The molecule has 9 heteroatoms. The highest BCUT2D eigenvalue weighted by Crippen LogP contribution is 2.46. The van der Waals surface area contributed by atoms with Crippen LogP contribution in [0, 0.1) is 17.8 Å². The lowest BCUT2D eigenvalue weighted by atomic mass is 9.68. The van der Waals surface area contributed by atoms with Crippen molar-refractivity contribution in [2.75, 3.05) is 20.3 Å². The minimum atomic E-state index is -1.06. The molecule has 2 aromatic rings. The zero-order valence-corrected chi connectivity index (χ0v) is 21.9. The minimum absolute atomic E-state index is 0.0495. The van der Waals surface area contributed by atoms with Gasteiger partial charge in [-0.05, 0) is 67.2 Å². The number of ether oxygens (including phenoxy) is 2. The van der Waals surface area contributed by atoms with Gasteiger partial charge in [0.2, 0.25) is 11.8 Å². The summed E-state index contributed by atoms with van der Waals surface area (Å²) < 4.78 is 10.6. The van der Waals surface area contributed by atoms with E-state index in [1.165, 1.54) is 0 Å². The van der Waals surface area contributed by atoms with Crippen molar-refractivity contribution in [1.29, 1.82) is 0 Å². The number of aliphatic hydroxyl groups excluding tert-OH is 2. The number of amides is 3. The Morgan fingerprint density at radius 3 is 2.54 bits per heavy atom. The lowest BCUT2D eigenvalue weighted by Crippen LogP contribution is -2.40. The highest BCUT2D eigenvalue weighted by Gasteiger charge is 2.57. The fourth-order valence-electron chi connectivity index (χ4n) is 5.54. The topological polar surface area (TPSA) is 134 Å². The van der Waals surface area contributed by atoms with Crippen molar-refractivity contribution in [3.05, 3.63) is 76.9 Å². The second kappa shape index (κ2) is 12.3. The molecule has 3 amide bonds. The van der Waals surface area contributed by atoms with Crippen LogP contribution in [0.1, 0.15) is 31.7 Å². The summed E-state index contributed by atoms with van der Waals surface area (Å²) in [5.41, 5.74) is 2.87. The molecule has 0 bridgehead atoms. The zero-order chi connectivity index (χ0) is 28.1. The fraction of sp³-hybridized carbons (Fsp3) is 0.367. The standard InChI is InChI=1S/C30H33NO8/c1-18(13-19-7-6-8-21(33)14-19)11-12-25(34)26-20(17-39-22-9-4-3-5-10-22)15-23-27(24(26)16-32)29(36)31(28(23)35)30(37)38-2/h3-10,13-14,23-25,27,32-34H,11-12,15-17H2,1-2H3/b18-13+/t23-,24+,25-,27-/m1/s1. The van der Waals surface area contributed by atoms with Gasteiger partial charge in [0.15, 0.2) is 0 Å². The third kappa shape index (κ3) is 6.05. The maximum absolute atomic E-state index is 13.2. The Morgan fingerprint density at radius 1 is 1.13 bits per heavy atom. The molecule has 0 aromatic heterocycles. The highest BCUT2D eigenvalue weighted by atomic mass is 16.5. The number of fused-ring (bicyclic) bond motifs is 1. The van der Waals surface area contributed by atoms with Crippen LogP contribution < -0.4 is 4.74 Å². The number of carbonyl (C=O) groups excluding carboxylic acids is 3. The van der Waals surface area contributed by atoms with Crippen molar-refractivity contribution in [3.8, 4) is 11.5 Å². The predicted molar refractivity (Wildman–Crippen MR) is 142 cm³/mol. The largest absolute Gasteiger partial charge is 0.508 e. The average molecular weight is 536 g/mol. The summed E-state index contributed by atoms with van der Waals surface area (Å²) in [5.74, 6) is -3.38. The number of carbonyl (C=O) groups is 3. The minimum Gasteiger partial charge on any atom is -0.508 e. The van der Waals surface area contributed by atoms with Crippen molar-refractivity contribution in [2.24, 2.45) is 17.8 Å². The number of methoxy groups -OCH3 is 1. The van der Waals surface area contributed by atoms with Crippen molar-refractivity contribution in [3.63, 3.8) is 0 Å². The normalized spacial score (nSPS) is 22.1. The smallest absolute Gasteiger partial charge is 0.423 e. The van der Waals surface area contributed by atoms with E-state index in [9.17, 15) is 29.7 Å². The zero-order valence-electron chi connectivity index (χ0n) is 21.9. The van der Waals surface area contributed by atoms with Crippen LogP contribution in [0.4, 0.5) is 4.79 Å². The van der Waals surface area contributed by atoms with E-state index in [-0.39, 0.29) is 18.8 Å². The van der Waals surface area contributed by atoms with Gasteiger partial charge in [-0.3, -0.25) is 9.59 Å². The number of phenols is 1. The summed E-state index contributed by atoms with van der Waals surface area (Å²) in [7, 11) is 1.09. The maximum atomic E-state index is 13.2. The van der Waals surface area contributed by atoms with Crippen LogP contribution in [0.5, 0.6) is 11.5 Å². The van der Waals surface area contributed by atoms with Crippen LogP contribution in [0.3, 0.4) is 0 Å². The fourth-order valence-corrected chi connectivity index (χ4v) is 5.54. The molecule has 0 saturated carbocycles. The summed E-state index contributed by atoms with van der Waals surface area (Å²) >= 11 is 0. The summed E-state index contributed by atoms with van der Waals surface area (Å²) in [5, 5.41) is 31.5. The second-order valence-corrected chi connectivity index (χ2v) is 9.91. The molecule has 1 saturated heterocycles. The summed E-state index contributed by atoms with van der Waals surface area (Å²) in [4.78, 5) is 39.0. The molecule has 39 heavy (non-hydrogen) atoms. The van der Waals surface area contributed by atoms with Crippen LogP contribution >= 0.6 is 0 Å². The Kier molecular flexibility index (Phi) is 8.83. The SMILES string of the molecule is COC(=O)N1C(=O)[C@@H]2[C@@H](CC(COc3ccccc3)=C([C@H](O)CC/C(C)=C/c3cccc(O)c3)[C@@H]2CO)C1=O. The Morgan fingerprint density at radius 2 is 1.87 bits per heavy atom. The first-order valence-corrected chi connectivity index (χ1v) is 12.9. The Hall–Kier alpha value is -3.95. The van der Waals surface area contributed by atoms with Crippen LogP contribution in [-0.4, -0.2) is 64.6 Å². The number of para-hydroxylation sites is 1. The van der Waals surface area contributed by atoms with E-state index in [0.717, 1.165) is 18.2 Å². The van der Waals surface area contributed by atoms with Gasteiger partial charge in [0.05, 0.1) is 31.7 Å². The number of phenolic OH excluding ortho intramolecular Hbond substituents is 1. The number of nitrogens with zero attached hydrogens (tertiary/aromatic N) is 1. The van der Waals surface area contributed by atoms with E-state index in [1.54, 1.807) is 30.3 Å². The summed E-state index contributed by atoms with van der Waals surface area (Å²) in [6.07, 6.45) is 0.723. The van der Waals surface area contributed by atoms with Gasteiger partial charge in [0.25, 0.3) is 0 Å². The van der Waals surface area contributed by atoms with Gasteiger partial charge in [0.1, 0.15) is 18.1 Å². The van der Waals surface area contributed by atoms with Gasteiger partial charge >= 0.3 is 6.09 Å². The molecule has 2 aliphatic rings. The lowest BCUT2D eigenvalue weighted by Gasteiger charge is -2.36. The number of benzene rings is 2. The molecule has 1 aliphatic heterocycles. The van der Waals surface area contributed by atoms with Gasteiger partial charge in [0, 0.05) is 5.92 Å². The summed E-state index contributed by atoms with van der Waals surface area (Å²) in [6, 6.07) is 15.9. The predicted octanol–water partition coefficient (Wildman–Crippen LogP) is 3.69. The van der Waals surface area contributed by atoms with Crippen molar-refractivity contribution >= 4 is 24.0 Å². The first-order valence-electron chi connectivity index (χ1n) is 12.9. The van der Waals surface area contributed by atoms with Gasteiger partial charge in [-0.1, -0.05) is 42.0 Å². The van der Waals surface area contributed by atoms with E-state index in [2.05, 4.69) is 4.74 Å². The van der Waals surface area contributed by atoms with Gasteiger partial charge in [-0.15, -0.1) is 0 Å². The van der Waals surface area contributed by atoms with Crippen molar-refractivity contribution in [1.82, 2.24) is 4.90 Å². The second-order valence-electron chi connectivity index (χ2n) is 9.91. The average Bonchev–Trinajstić information content (AvgIpc) is 3.18. The number of hydrogen-bond donors (Lipinski definition) is 3. The number of allylic oxidation sites excluding steroid dienone is 1. The number of rotatable bonds is 9. The Balaban J connectivity index is 1.62. The van der Waals surface area contributed by atoms with Gasteiger partial charge in [-0.25, -0.2) is 4.79 Å². The first-order chi connectivity index (χ1) is 18.7.